The predicted octanol–water partition coefficient (Wildman–Crippen LogP) is 0.269. The van der Waals surface area contributed by atoms with Crippen LogP contribution in [0.15, 0.2) is 12.3 Å². The van der Waals surface area contributed by atoms with Crippen LogP contribution in [0.5, 0.6) is 0 Å². The van der Waals surface area contributed by atoms with Crippen molar-refractivity contribution >= 4 is 17.5 Å². The first-order valence-corrected chi connectivity index (χ1v) is 5.85. The molecule has 1 aromatic heterocycles. The summed E-state index contributed by atoms with van der Waals surface area (Å²) in [6.07, 6.45) is 2.41. The highest BCUT2D eigenvalue weighted by atomic mass is 16.5. The third-order valence-electron chi connectivity index (χ3n) is 3.14. The van der Waals surface area contributed by atoms with E-state index in [1.54, 1.807) is 6.07 Å². The minimum atomic E-state index is -0.447. The molecule has 98 valence electrons. The lowest BCUT2D eigenvalue weighted by Gasteiger charge is -2.19. The molecule has 18 heavy (non-hydrogen) atoms. The van der Waals surface area contributed by atoms with E-state index in [1.807, 2.05) is 4.90 Å². The second-order valence-corrected chi connectivity index (χ2v) is 4.41. The van der Waals surface area contributed by atoms with Crippen LogP contribution in [0.2, 0.25) is 0 Å². The molecule has 0 spiro atoms. The summed E-state index contributed by atoms with van der Waals surface area (Å²) in [6.45, 7) is 1.61. The number of carbonyl (C=O) groups excluding carboxylic acids is 1. The molecule has 2 heterocycles. The molecule has 1 aliphatic rings. The number of aromatic nitrogens is 1. The Balaban J connectivity index is 2.30. The first-order valence-electron chi connectivity index (χ1n) is 5.85. The van der Waals surface area contributed by atoms with Crippen molar-refractivity contribution < 1.29 is 14.6 Å². The number of esters is 1. The summed E-state index contributed by atoms with van der Waals surface area (Å²) in [7, 11) is 1.33. The summed E-state index contributed by atoms with van der Waals surface area (Å²) >= 11 is 0. The summed E-state index contributed by atoms with van der Waals surface area (Å²) in [4.78, 5) is 17.9. The molecular formula is C12H17N3O3. The number of ether oxygens (including phenoxy) is 1. The Hall–Kier alpha value is -1.82. The number of hydrogen-bond acceptors (Lipinski definition) is 6. The second kappa shape index (κ2) is 5.22. The molecule has 2 rings (SSSR count). The Bertz CT molecular complexity index is 450. The zero-order chi connectivity index (χ0) is 13.1. The predicted molar refractivity (Wildman–Crippen MR) is 67.4 cm³/mol. The van der Waals surface area contributed by atoms with E-state index in [2.05, 4.69) is 4.98 Å². The van der Waals surface area contributed by atoms with Crippen molar-refractivity contribution in [2.75, 3.05) is 37.4 Å². The fraction of sp³-hybridized carbons (Fsp3) is 0.500. The van der Waals surface area contributed by atoms with Crippen LogP contribution < -0.4 is 10.6 Å². The molecule has 1 unspecified atom stereocenters. The molecule has 6 nitrogen and oxygen atoms in total. The molecule has 1 aromatic rings. The fourth-order valence-corrected chi connectivity index (χ4v) is 2.16. The molecule has 1 aliphatic heterocycles. The summed E-state index contributed by atoms with van der Waals surface area (Å²) in [6, 6.07) is 1.57. The van der Waals surface area contributed by atoms with Gasteiger partial charge in [0.1, 0.15) is 11.4 Å². The lowest BCUT2D eigenvalue weighted by Crippen LogP contribution is -2.24. The molecule has 6 heteroatoms. The summed E-state index contributed by atoms with van der Waals surface area (Å²) < 4.78 is 4.73. The highest BCUT2D eigenvalue weighted by molar-refractivity contribution is 5.95. The lowest BCUT2D eigenvalue weighted by molar-refractivity contribution is 0.0601. The van der Waals surface area contributed by atoms with Crippen molar-refractivity contribution in [1.82, 2.24) is 4.98 Å². The van der Waals surface area contributed by atoms with Crippen molar-refractivity contribution in [3.8, 4) is 0 Å². The van der Waals surface area contributed by atoms with Crippen molar-refractivity contribution in [2.45, 2.75) is 6.42 Å². The highest BCUT2D eigenvalue weighted by Gasteiger charge is 2.26. The lowest BCUT2D eigenvalue weighted by atomic mass is 10.1. The normalized spacial score (nSPS) is 19.0. The zero-order valence-electron chi connectivity index (χ0n) is 10.3. The second-order valence-electron chi connectivity index (χ2n) is 4.41. The Morgan fingerprint density at radius 2 is 2.50 bits per heavy atom. The van der Waals surface area contributed by atoms with Gasteiger partial charge in [0.15, 0.2) is 0 Å². The topological polar surface area (TPSA) is 88.7 Å². The molecule has 0 aromatic carbocycles. The van der Waals surface area contributed by atoms with Gasteiger partial charge >= 0.3 is 5.97 Å². The Morgan fingerprint density at radius 1 is 1.72 bits per heavy atom. The maximum absolute atomic E-state index is 11.7. The molecule has 1 saturated heterocycles. The molecule has 0 amide bonds. The SMILES string of the molecule is COC(=O)c1cc(N)cnc1N1CCC(CO)C1. The van der Waals surface area contributed by atoms with Gasteiger partial charge in [-0.05, 0) is 12.5 Å². The van der Waals surface area contributed by atoms with Gasteiger partial charge in [0.05, 0.1) is 19.0 Å². The fourth-order valence-electron chi connectivity index (χ4n) is 2.16. The smallest absolute Gasteiger partial charge is 0.341 e. The van der Waals surface area contributed by atoms with Crippen molar-refractivity contribution in [1.29, 1.82) is 0 Å². The number of carbonyl (C=O) groups is 1. The van der Waals surface area contributed by atoms with E-state index < -0.39 is 5.97 Å². The molecule has 0 aliphatic carbocycles. The summed E-state index contributed by atoms with van der Waals surface area (Å²) in [5.74, 6) is 0.360. The number of anilines is 2. The van der Waals surface area contributed by atoms with Crippen LogP contribution in [-0.4, -0.2) is 42.9 Å². The number of rotatable bonds is 3. The standard InChI is InChI=1S/C12H17N3O3/c1-18-12(17)10-4-9(13)5-14-11(10)15-3-2-8(6-15)7-16/h4-5,8,16H,2-3,6-7,13H2,1H3. The maximum atomic E-state index is 11.7. The van der Waals surface area contributed by atoms with Gasteiger partial charge < -0.3 is 20.5 Å². The third kappa shape index (κ3) is 2.38. The summed E-state index contributed by atoms with van der Waals surface area (Å²) in [5.41, 5.74) is 6.44. The zero-order valence-corrected chi connectivity index (χ0v) is 10.3. The van der Waals surface area contributed by atoms with Crippen molar-refractivity contribution in [3.63, 3.8) is 0 Å². The monoisotopic (exact) mass is 251 g/mol. The van der Waals surface area contributed by atoms with Gasteiger partial charge in [0.2, 0.25) is 0 Å². The van der Waals surface area contributed by atoms with E-state index in [9.17, 15) is 4.79 Å². The molecule has 0 radical (unpaired) electrons. The van der Waals surface area contributed by atoms with E-state index in [1.165, 1.54) is 13.3 Å². The van der Waals surface area contributed by atoms with Gasteiger partial charge in [-0.3, -0.25) is 0 Å². The number of aliphatic hydroxyl groups is 1. The number of aliphatic hydroxyl groups excluding tert-OH is 1. The highest BCUT2D eigenvalue weighted by Crippen LogP contribution is 2.26. The van der Waals surface area contributed by atoms with Crippen LogP contribution in [-0.2, 0) is 4.74 Å². The van der Waals surface area contributed by atoms with E-state index in [4.69, 9.17) is 15.6 Å². The van der Waals surface area contributed by atoms with Crippen LogP contribution in [0.3, 0.4) is 0 Å². The van der Waals surface area contributed by atoms with E-state index in [0.29, 0.717) is 23.6 Å². The molecule has 1 atom stereocenters. The van der Waals surface area contributed by atoms with Gasteiger partial charge in [-0.1, -0.05) is 0 Å². The first-order chi connectivity index (χ1) is 8.65. The number of nitrogens with zero attached hydrogens (tertiary/aromatic N) is 2. The van der Waals surface area contributed by atoms with Crippen LogP contribution >= 0.6 is 0 Å². The van der Waals surface area contributed by atoms with Crippen molar-refractivity contribution in [3.05, 3.63) is 17.8 Å². The van der Waals surface area contributed by atoms with E-state index in [-0.39, 0.29) is 12.5 Å². The molecule has 3 N–H and O–H groups in total. The quantitative estimate of drug-likeness (QED) is 0.750. The summed E-state index contributed by atoms with van der Waals surface area (Å²) in [5, 5.41) is 9.14. The van der Waals surface area contributed by atoms with E-state index >= 15 is 0 Å². The minimum Gasteiger partial charge on any atom is -0.465 e. The van der Waals surface area contributed by atoms with Gasteiger partial charge in [0, 0.05) is 25.6 Å². The van der Waals surface area contributed by atoms with Crippen molar-refractivity contribution in [2.24, 2.45) is 5.92 Å². The molecule has 0 bridgehead atoms. The Labute approximate surface area is 105 Å². The number of pyridine rings is 1. The van der Waals surface area contributed by atoms with Gasteiger partial charge in [-0.25, -0.2) is 9.78 Å². The third-order valence-corrected chi connectivity index (χ3v) is 3.14. The number of nitrogen functional groups attached to an aromatic ring is 1. The van der Waals surface area contributed by atoms with Crippen LogP contribution in [0.4, 0.5) is 11.5 Å². The number of hydrogen-bond donors (Lipinski definition) is 2. The van der Waals surface area contributed by atoms with Gasteiger partial charge in [-0.15, -0.1) is 0 Å². The molecule has 1 fully saturated rings. The number of nitrogens with two attached hydrogens (primary N) is 1. The van der Waals surface area contributed by atoms with Crippen LogP contribution in [0, 0.1) is 5.92 Å². The Kier molecular flexibility index (Phi) is 3.66. The largest absolute Gasteiger partial charge is 0.465 e. The first kappa shape index (κ1) is 12.6. The van der Waals surface area contributed by atoms with Gasteiger partial charge in [-0.2, -0.15) is 0 Å². The maximum Gasteiger partial charge on any atom is 0.341 e. The van der Waals surface area contributed by atoms with Crippen LogP contribution in [0.25, 0.3) is 0 Å². The average Bonchev–Trinajstić information content (AvgIpc) is 2.86. The number of methoxy groups -OCH3 is 1. The Morgan fingerprint density at radius 3 is 3.11 bits per heavy atom. The molecule has 0 saturated carbocycles. The van der Waals surface area contributed by atoms with Gasteiger partial charge in [0.25, 0.3) is 0 Å². The van der Waals surface area contributed by atoms with E-state index in [0.717, 1.165) is 13.0 Å². The van der Waals surface area contributed by atoms with Crippen LogP contribution in [0.1, 0.15) is 16.8 Å². The average molecular weight is 251 g/mol. The molecular weight excluding hydrogens is 234 g/mol. The minimum absolute atomic E-state index is 0.152.